The van der Waals surface area contributed by atoms with Crippen molar-refractivity contribution >= 4 is 23.3 Å². The summed E-state index contributed by atoms with van der Waals surface area (Å²) in [6.07, 6.45) is 0.965. The maximum Gasteiger partial charge on any atom is 0.322 e. The minimum atomic E-state index is -0.195. The summed E-state index contributed by atoms with van der Waals surface area (Å²) in [6, 6.07) is 7.13. The molecule has 1 heterocycles. The number of urea groups is 1. The minimum Gasteiger partial charge on any atom is -0.318 e. The molecule has 5 heteroatoms. The molecule has 4 nitrogen and oxygen atoms in total. The zero-order valence-electron chi connectivity index (χ0n) is 11.4. The summed E-state index contributed by atoms with van der Waals surface area (Å²) in [7, 11) is 0. The second-order valence-electron chi connectivity index (χ2n) is 5.43. The van der Waals surface area contributed by atoms with Crippen LogP contribution in [0.2, 0.25) is 5.02 Å². The van der Waals surface area contributed by atoms with E-state index in [-0.39, 0.29) is 11.6 Å². The fourth-order valence-corrected chi connectivity index (χ4v) is 2.48. The molecule has 2 amide bonds. The van der Waals surface area contributed by atoms with Gasteiger partial charge in [0.25, 0.3) is 0 Å². The topological polar surface area (TPSA) is 44.4 Å². The number of rotatable bonds is 1. The van der Waals surface area contributed by atoms with Crippen molar-refractivity contribution in [3.63, 3.8) is 0 Å². The van der Waals surface area contributed by atoms with Gasteiger partial charge in [-0.3, -0.25) is 0 Å². The summed E-state index contributed by atoms with van der Waals surface area (Å²) in [5.41, 5.74) is 0.532. The third-order valence-electron chi connectivity index (χ3n) is 3.34. The molecule has 1 aromatic carbocycles. The first-order chi connectivity index (χ1) is 8.99. The third-order valence-corrected chi connectivity index (χ3v) is 3.58. The van der Waals surface area contributed by atoms with Crippen molar-refractivity contribution in [1.29, 1.82) is 0 Å². The van der Waals surface area contributed by atoms with Crippen LogP contribution in [0.15, 0.2) is 24.3 Å². The van der Waals surface area contributed by atoms with Crippen molar-refractivity contribution in [2.75, 3.05) is 25.0 Å². The van der Waals surface area contributed by atoms with Crippen molar-refractivity contribution in [1.82, 2.24) is 10.2 Å². The molecule has 19 heavy (non-hydrogen) atoms. The van der Waals surface area contributed by atoms with E-state index in [1.54, 1.807) is 12.1 Å². The summed E-state index contributed by atoms with van der Waals surface area (Å²) < 4.78 is 0. The summed E-state index contributed by atoms with van der Waals surface area (Å²) in [4.78, 5) is 14.3. The van der Waals surface area contributed by atoms with E-state index >= 15 is 0 Å². The minimum absolute atomic E-state index is 0.0732. The number of anilines is 1. The predicted molar refractivity (Wildman–Crippen MR) is 78.7 cm³/mol. The molecule has 0 atom stereocenters. The second kappa shape index (κ2) is 5.80. The first-order valence-corrected chi connectivity index (χ1v) is 6.92. The summed E-state index contributed by atoms with van der Waals surface area (Å²) in [5, 5.41) is 6.88. The third kappa shape index (κ3) is 3.61. The Balaban J connectivity index is 2.09. The quantitative estimate of drug-likeness (QED) is 0.831. The van der Waals surface area contributed by atoms with Crippen LogP contribution in [0, 0.1) is 0 Å². The lowest BCUT2D eigenvalue weighted by atomic mass is 10.0. The molecule has 2 rings (SSSR count). The van der Waals surface area contributed by atoms with Gasteiger partial charge in [-0.05, 0) is 45.0 Å². The molecule has 0 radical (unpaired) electrons. The number of amides is 2. The zero-order valence-corrected chi connectivity index (χ0v) is 12.1. The fourth-order valence-electron chi connectivity index (χ4n) is 2.29. The van der Waals surface area contributed by atoms with Gasteiger partial charge in [0, 0.05) is 23.8 Å². The Labute approximate surface area is 119 Å². The lowest BCUT2D eigenvalue weighted by molar-refractivity contribution is 0.155. The molecule has 104 valence electrons. The lowest BCUT2D eigenvalue weighted by Gasteiger charge is -2.36. The van der Waals surface area contributed by atoms with Gasteiger partial charge >= 0.3 is 6.03 Å². The molecule has 0 aliphatic carbocycles. The molecular weight excluding hydrogens is 262 g/mol. The molecule has 0 unspecified atom stereocenters. The van der Waals surface area contributed by atoms with Gasteiger partial charge in [-0.25, -0.2) is 4.79 Å². The maximum absolute atomic E-state index is 12.4. The highest BCUT2D eigenvalue weighted by Gasteiger charge is 2.31. The average Bonchev–Trinajstić information content (AvgIpc) is 2.49. The molecule has 1 aliphatic rings. The number of carbonyl (C=O) groups excluding carboxylic acids is 1. The second-order valence-corrected chi connectivity index (χ2v) is 5.87. The van der Waals surface area contributed by atoms with Crippen LogP contribution in [-0.2, 0) is 0 Å². The SMILES string of the molecule is CC1(C)CNCCCN1C(=O)Nc1cccc(Cl)c1. The summed E-state index contributed by atoms with van der Waals surface area (Å²) in [5.74, 6) is 0. The Morgan fingerprint density at radius 2 is 2.26 bits per heavy atom. The van der Waals surface area contributed by atoms with Crippen molar-refractivity contribution in [2.24, 2.45) is 0 Å². The number of benzene rings is 1. The number of nitrogens with one attached hydrogen (secondary N) is 2. The Hall–Kier alpha value is -1.26. The van der Waals surface area contributed by atoms with Crippen molar-refractivity contribution in [3.05, 3.63) is 29.3 Å². The van der Waals surface area contributed by atoms with E-state index in [0.717, 1.165) is 31.7 Å². The molecule has 1 saturated heterocycles. The molecule has 0 aromatic heterocycles. The van der Waals surface area contributed by atoms with E-state index in [1.165, 1.54) is 0 Å². The van der Waals surface area contributed by atoms with Crippen LogP contribution in [0.4, 0.5) is 10.5 Å². The smallest absolute Gasteiger partial charge is 0.318 e. The Kier molecular flexibility index (Phi) is 4.32. The van der Waals surface area contributed by atoms with Crippen molar-refractivity contribution in [3.8, 4) is 0 Å². The van der Waals surface area contributed by atoms with Gasteiger partial charge in [-0.15, -0.1) is 0 Å². The monoisotopic (exact) mass is 281 g/mol. The van der Waals surface area contributed by atoms with Crippen LogP contribution in [0.25, 0.3) is 0 Å². The summed E-state index contributed by atoms with van der Waals surface area (Å²) in [6.45, 7) is 6.65. The Bertz CT molecular complexity index is 462. The Morgan fingerprint density at radius 1 is 1.47 bits per heavy atom. The largest absolute Gasteiger partial charge is 0.322 e. The number of nitrogens with zero attached hydrogens (tertiary/aromatic N) is 1. The van der Waals surface area contributed by atoms with E-state index in [2.05, 4.69) is 24.5 Å². The van der Waals surface area contributed by atoms with Crippen LogP contribution in [0.1, 0.15) is 20.3 Å². The van der Waals surface area contributed by atoms with E-state index in [4.69, 9.17) is 11.6 Å². The highest BCUT2D eigenvalue weighted by atomic mass is 35.5. The van der Waals surface area contributed by atoms with Crippen LogP contribution >= 0.6 is 11.6 Å². The highest BCUT2D eigenvalue weighted by molar-refractivity contribution is 6.30. The van der Waals surface area contributed by atoms with Crippen LogP contribution in [0.5, 0.6) is 0 Å². The average molecular weight is 282 g/mol. The van der Waals surface area contributed by atoms with Crippen molar-refractivity contribution < 1.29 is 4.79 Å². The highest BCUT2D eigenvalue weighted by Crippen LogP contribution is 2.20. The number of hydrogen-bond donors (Lipinski definition) is 2. The first-order valence-electron chi connectivity index (χ1n) is 6.54. The molecule has 0 spiro atoms. The number of hydrogen-bond acceptors (Lipinski definition) is 2. The molecule has 2 N–H and O–H groups in total. The van der Waals surface area contributed by atoms with Gasteiger partial charge in [0.2, 0.25) is 0 Å². The number of halogens is 1. The molecular formula is C14H20ClN3O. The molecule has 0 bridgehead atoms. The normalized spacial score (nSPS) is 18.8. The van der Waals surface area contributed by atoms with E-state index < -0.39 is 0 Å². The maximum atomic E-state index is 12.4. The van der Waals surface area contributed by atoms with E-state index in [1.807, 2.05) is 17.0 Å². The molecule has 1 fully saturated rings. The summed E-state index contributed by atoms with van der Waals surface area (Å²) >= 11 is 5.92. The molecule has 0 saturated carbocycles. The standard InChI is InChI=1S/C14H20ClN3O/c1-14(2)10-16-7-4-8-18(14)13(19)17-12-6-3-5-11(15)9-12/h3,5-6,9,16H,4,7-8,10H2,1-2H3,(H,17,19). The van der Waals surface area contributed by atoms with Crippen LogP contribution in [0.3, 0.4) is 0 Å². The van der Waals surface area contributed by atoms with Crippen LogP contribution in [-0.4, -0.2) is 36.1 Å². The fraction of sp³-hybridized carbons (Fsp3) is 0.500. The predicted octanol–water partition coefficient (Wildman–Crippen LogP) is 2.95. The van der Waals surface area contributed by atoms with Crippen molar-refractivity contribution in [2.45, 2.75) is 25.8 Å². The van der Waals surface area contributed by atoms with Gasteiger partial charge in [-0.2, -0.15) is 0 Å². The van der Waals surface area contributed by atoms with E-state index in [0.29, 0.717) is 5.02 Å². The van der Waals surface area contributed by atoms with Gasteiger partial charge in [0.05, 0.1) is 5.54 Å². The van der Waals surface area contributed by atoms with Gasteiger partial charge < -0.3 is 15.5 Å². The Morgan fingerprint density at radius 3 is 3.00 bits per heavy atom. The number of carbonyl (C=O) groups is 1. The molecule has 1 aromatic rings. The lowest BCUT2D eigenvalue weighted by Crippen LogP contribution is -2.52. The van der Waals surface area contributed by atoms with E-state index in [9.17, 15) is 4.79 Å². The van der Waals surface area contributed by atoms with Gasteiger partial charge in [0.15, 0.2) is 0 Å². The first kappa shape index (κ1) is 14.2. The molecule has 1 aliphatic heterocycles. The van der Waals surface area contributed by atoms with Gasteiger partial charge in [0.1, 0.15) is 0 Å². The zero-order chi connectivity index (χ0) is 13.9. The van der Waals surface area contributed by atoms with Crippen LogP contribution < -0.4 is 10.6 Å². The van der Waals surface area contributed by atoms with Gasteiger partial charge in [-0.1, -0.05) is 17.7 Å².